The van der Waals surface area contributed by atoms with Crippen molar-refractivity contribution in [2.45, 2.75) is 31.8 Å². The van der Waals surface area contributed by atoms with E-state index in [0.29, 0.717) is 23.5 Å². The summed E-state index contributed by atoms with van der Waals surface area (Å²) < 4.78 is 11.1. The standard InChI is InChI=1S/C21H24O4/c1-2-21(23,15-25-20(22)17-7-4-3-5-8-17)18-9-6-10-19(13-18)24-14-16-11-12-16/h3-10,13,16,23H,2,11-12,14-15H2,1H3/t21-/m0/s1. The van der Waals surface area contributed by atoms with E-state index in [1.54, 1.807) is 24.3 Å². The van der Waals surface area contributed by atoms with Crippen molar-refractivity contribution in [3.05, 3.63) is 65.7 Å². The number of hydrogen-bond donors (Lipinski definition) is 1. The molecule has 3 rings (SSSR count). The van der Waals surface area contributed by atoms with Crippen LogP contribution in [0.15, 0.2) is 54.6 Å². The topological polar surface area (TPSA) is 55.8 Å². The fourth-order valence-electron chi connectivity index (χ4n) is 2.61. The summed E-state index contributed by atoms with van der Waals surface area (Å²) in [5, 5.41) is 11.0. The lowest BCUT2D eigenvalue weighted by molar-refractivity contribution is -0.0386. The Labute approximate surface area is 148 Å². The molecule has 4 heteroatoms. The van der Waals surface area contributed by atoms with E-state index in [4.69, 9.17) is 9.47 Å². The molecular weight excluding hydrogens is 316 g/mol. The SMILES string of the molecule is CC[C@](O)(COC(=O)c1ccccc1)c1cccc(OCC2CC2)c1. The van der Waals surface area contributed by atoms with Gasteiger partial charge in [-0.05, 0) is 55.0 Å². The summed E-state index contributed by atoms with van der Waals surface area (Å²) >= 11 is 0. The van der Waals surface area contributed by atoms with Gasteiger partial charge in [0.1, 0.15) is 18.0 Å². The second kappa shape index (κ2) is 7.70. The van der Waals surface area contributed by atoms with Gasteiger partial charge in [-0.3, -0.25) is 0 Å². The quantitative estimate of drug-likeness (QED) is 0.740. The van der Waals surface area contributed by atoms with E-state index in [0.717, 1.165) is 12.4 Å². The summed E-state index contributed by atoms with van der Waals surface area (Å²) in [6, 6.07) is 16.2. The molecule has 2 aromatic carbocycles. The lowest BCUT2D eigenvalue weighted by Crippen LogP contribution is -2.32. The van der Waals surface area contributed by atoms with Crippen LogP contribution in [0.1, 0.15) is 42.1 Å². The van der Waals surface area contributed by atoms with Crippen LogP contribution in [0, 0.1) is 5.92 Å². The highest BCUT2D eigenvalue weighted by Crippen LogP contribution is 2.31. The van der Waals surface area contributed by atoms with E-state index >= 15 is 0 Å². The van der Waals surface area contributed by atoms with E-state index in [1.807, 2.05) is 37.3 Å². The van der Waals surface area contributed by atoms with E-state index in [9.17, 15) is 9.90 Å². The maximum atomic E-state index is 12.1. The second-order valence-electron chi connectivity index (χ2n) is 6.61. The number of aliphatic hydroxyl groups is 1. The number of benzene rings is 2. The molecular formula is C21H24O4. The maximum absolute atomic E-state index is 12.1. The Hall–Kier alpha value is -2.33. The Morgan fingerprint density at radius 3 is 2.60 bits per heavy atom. The number of carbonyl (C=O) groups is 1. The molecule has 0 aliphatic heterocycles. The van der Waals surface area contributed by atoms with Crippen LogP contribution in [-0.2, 0) is 10.3 Å². The zero-order valence-corrected chi connectivity index (χ0v) is 14.5. The highest BCUT2D eigenvalue weighted by molar-refractivity contribution is 5.89. The normalized spacial score (nSPS) is 16.1. The zero-order chi connectivity index (χ0) is 17.7. The minimum Gasteiger partial charge on any atom is -0.493 e. The molecule has 4 nitrogen and oxygen atoms in total. The second-order valence-corrected chi connectivity index (χ2v) is 6.61. The van der Waals surface area contributed by atoms with E-state index < -0.39 is 11.6 Å². The smallest absolute Gasteiger partial charge is 0.338 e. The molecule has 1 N–H and O–H groups in total. The average molecular weight is 340 g/mol. The molecule has 1 atom stereocenters. The zero-order valence-electron chi connectivity index (χ0n) is 14.5. The van der Waals surface area contributed by atoms with Crippen LogP contribution < -0.4 is 4.74 Å². The lowest BCUT2D eigenvalue weighted by Gasteiger charge is -2.27. The van der Waals surface area contributed by atoms with Crippen LogP contribution >= 0.6 is 0 Å². The largest absolute Gasteiger partial charge is 0.493 e. The molecule has 25 heavy (non-hydrogen) atoms. The molecule has 132 valence electrons. The molecule has 2 aromatic rings. The van der Waals surface area contributed by atoms with Gasteiger partial charge in [0.15, 0.2) is 0 Å². The maximum Gasteiger partial charge on any atom is 0.338 e. The fourth-order valence-corrected chi connectivity index (χ4v) is 2.61. The molecule has 0 bridgehead atoms. The summed E-state index contributed by atoms with van der Waals surface area (Å²) in [5.41, 5.74) is -0.0599. The van der Waals surface area contributed by atoms with Crippen LogP contribution in [0.5, 0.6) is 5.75 Å². The van der Waals surface area contributed by atoms with E-state index in [1.165, 1.54) is 12.8 Å². The van der Waals surface area contributed by atoms with Crippen LogP contribution in [0.4, 0.5) is 0 Å². The monoisotopic (exact) mass is 340 g/mol. The average Bonchev–Trinajstić information content (AvgIpc) is 3.49. The van der Waals surface area contributed by atoms with Gasteiger partial charge in [0.25, 0.3) is 0 Å². The summed E-state index contributed by atoms with van der Waals surface area (Å²) in [7, 11) is 0. The van der Waals surface area contributed by atoms with Gasteiger partial charge < -0.3 is 14.6 Å². The Morgan fingerprint density at radius 2 is 1.92 bits per heavy atom. The van der Waals surface area contributed by atoms with Gasteiger partial charge in [-0.15, -0.1) is 0 Å². The summed E-state index contributed by atoms with van der Waals surface area (Å²) in [4.78, 5) is 12.1. The van der Waals surface area contributed by atoms with Crippen molar-refractivity contribution in [1.82, 2.24) is 0 Å². The fraction of sp³-hybridized carbons (Fsp3) is 0.381. The Kier molecular flexibility index (Phi) is 5.39. The number of carbonyl (C=O) groups excluding carboxylic acids is 1. The molecule has 1 aliphatic rings. The summed E-state index contributed by atoms with van der Waals surface area (Å²) in [6.07, 6.45) is 2.89. The first kappa shape index (κ1) is 17.5. The van der Waals surface area contributed by atoms with E-state index in [-0.39, 0.29) is 6.61 Å². The summed E-state index contributed by atoms with van der Waals surface area (Å²) in [6.45, 7) is 2.49. The minimum absolute atomic E-state index is 0.0939. The summed E-state index contributed by atoms with van der Waals surface area (Å²) in [5.74, 6) is 0.972. The van der Waals surface area contributed by atoms with Gasteiger partial charge in [0, 0.05) is 0 Å². The van der Waals surface area contributed by atoms with Crippen molar-refractivity contribution < 1.29 is 19.4 Å². The van der Waals surface area contributed by atoms with Crippen molar-refractivity contribution in [3.8, 4) is 5.75 Å². The highest BCUT2D eigenvalue weighted by atomic mass is 16.5. The molecule has 1 saturated carbocycles. The van der Waals surface area contributed by atoms with Crippen LogP contribution in [0.2, 0.25) is 0 Å². The third kappa shape index (κ3) is 4.60. The minimum atomic E-state index is -1.23. The third-order valence-electron chi connectivity index (χ3n) is 4.59. The first-order valence-electron chi connectivity index (χ1n) is 8.78. The Morgan fingerprint density at radius 1 is 1.16 bits per heavy atom. The molecule has 1 fully saturated rings. The van der Waals surface area contributed by atoms with Crippen molar-refractivity contribution in [2.75, 3.05) is 13.2 Å². The van der Waals surface area contributed by atoms with Crippen LogP contribution in [0.25, 0.3) is 0 Å². The molecule has 1 aliphatic carbocycles. The molecule has 0 radical (unpaired) electrons. The van der Waals surface area contributed by atoms with Gasteiger partial charge in [0.05, 0.1) is 12.2 Å². The van der Waals surface area contributed by atoms with Gasteiger partial charge in [0.2, 0.25) is 0 Å². The lowest BCUT2D eigenvalue weighted by atomic mass is 9.92. The highest BCUT2D eigenvalue weighted by Gasteiger charge is 2.30. The van der Waals surface area contributed by atoms with E-state index in [2.05, 4.69) is 0 Å². The third-order valence-corrected chi connectivity index (χ3v) is 4.59. The van der Waals surface area contributed by atoms with Crippen LogP contribution in [0.3, 0.4) is 0 Å². The molecule has 0 amide bonds. The number of ether oxygens (including phenoxy) is 2. The van der Waals surface area contributed by atoms with Gasteiger partial charge in [-0.25, -0.2) is 4.79 Å². The number of hydrogen-bond acceptors (Lipinski definition) is 4. The van der Waals surface area contributed by atoms with Crippen molar-refractivity contribution in [3.63, 3.8) is 0 Å². The molecule has 0 saturated heterocycles. The predicted molar refractivity (Wildman–Crippen MR) is 95.6 cm³/mol. The van der Waals surface area contributed by atoms with Crippen molar-refractivity contribution in [1.29, 1.82) is 0 Å². The molecule has 0 heterocycles. The molecule has 0 unspecified atom stereocenters. The molecule has 0 spiro atoms. The van der Waals surface area contributed by atoms with Crippen LogP contribution in [-0.4, -0.2) is 24.3 Å². The van der Waals surface area contributed by atoms with Gasteiger partial charge >= 0.3 is 5.97 Å². The van der Waals surface area contributed by atoms with Crippen molar-refractivity contribution in [2.24, 2.45) is 5.92 Å². The Bertz CT molecular complexity index is 709. The predicted octanol–water partition coefficient (Wildman–Crippen LogP) is 3.93. The first-order chi connectivity index (χ1) is 12.1. The first-order valence-corrected chi connectivity index (χ1v) is 8.78. The molecule has 0 aromatic heterocycles. The van der Waals surface area contributed by atoms with Gasteiger partial charge in [-0.1, -0.05) is 37.3 Å². The van der Waals surface area contributed by atoms with Crippen molar-refractivity contribution >= 4 is 5.97 Å². The number of rotatable bonds is 8. The number of esters is 1. The Balaban J connectivity index is 1.66. The van der Waals surface area contributed by atoms with Gasteiger partial charge in [-0.2, -0.15) is 0 Å².